The van der Waals surface area contributed by atoms with Crippen molar-refractivity contribution in [3.8, 4) is 0 Å². The van der Waals surface area contributed by atoms with Crippen molar-refractivity contribution in [1.29, 1.82) is 0 Å². The number of hydrogen-bond donors (Lipinski definition) is 1. The number of hydrogen-bond acceptors (Lipinski definition) is 2. The first-order chi connectivity index (χ1) is 10.4. The standard InChI is InChI=1S/C18H26O3S/c1-5-9-14-13-18(22(19,20)21)17(12-8-4)16(11-7-3)15(14)10-6-2/h9-13H,5-8H2,1-4H3,(H,19,20,21). The van der Waals surface area contributed by atoms with E-state index in [-0.39, 0.29) is 4.90 Å². The summed E-state index contributed by atoms with van der Waals surface area (Å²) < 4.78 is 33.2. The Hall–Kier alpha value is -1.39. The average Bonchev–Trinajstić information content (AvgIpc) is 2.44. The van der Waals surface area contributed by atoms with Crippen LogP contribution in [0.15, 0.2) is 11.0 Å². The van der Waals surface area contributed by atoms with Crippen LogP contribution < -0.4 is 20.9 Å². The van der Waals surface area contributed by atoms with Crippen molar-refractivity contribution in [3.05, 3.63) is 26.9 Å². The van der Waals surface area contributed by atoms with Crippen molar-refractivity contribution < 1.29 is 13.0 Å². The smallest absolute Gasteiger partial charge is 0.282 e. The van der Waals surface area contributed by atoms with Crippen LogP contribution in [0, 0.1) is 0 Å². The average molecular weight is 322 g/mol. The van der Waals surface area contributed by atoms with Crippen LogP contribution >= 0.6 is 0 Å². The monoisotopic (exact) mass is 322 g/mol. The van der Waals surface area contributed by atoms with Gasteiger partial charge in [-0.3, -0.25) is 4.55 Å². The molecule has 0 bridgehead atoms. The van der Waals surface area contributed by atoms with E-state index >= 15 is 0 Å². The van der Waals surface area contributed by atoms with Crippen LogP contribution in [-0.4, -0.2) is 13.0 Å². The quantitative estimate of drug-likeness (QED) is 0.840. The summed E-state index contributed by atoms with van der Waals surface area (Å²) in [6, 6.07) is 1.59. The summed E-state index contributed by atoms with van der Waals surface area (Å²) in [4.78, 5) is 0.00185. The molecule has 0 saturated carbocycles. The van der Waals surface area contributed by atoms with E-state index in [2.05, 4.69) is 13.0 Å². The first-order valence-electron chi connectivity index (χ1n) is 7.91. The van der Waals surface area contributed by atoms with E-state index < -0.39 is 10.1 Å². The second-order valence-corrected chi connectivity index (χ2v) is 6.52. The van der Waals surface area contributed by atoms with E-state index in [1.807, 2.05) is 39.0 Å². The molecular weight excluding hydrogens is 296 g/mol. The lowest BCUT2D eigenvalue weighted by Gasteiger charge is -2.04. The van der Waals surface area contributed by atoms with Gasteiger partial charge in [-0.15, -0.1) is 0 Å². The molecule has 0 fully saturated rings. The summed E-state index contributed by atoms with van der Waals surface area (Å²) >= 11 is 0. The molecule has 0 radical (unpaired) electrons. The molecule has 0 heterocycles. The Labute approximate surface area is 133 Å². The number of benzene rings is 1. The zero-order valence-electron chi connectivity index (χ0n) is 13.9. The third-order valence-corrected chi connectivity index (χ3v) is 4.26. The lowest BCUT2D eigenvalue weighted by Crippen LogP contribution is -2.50. The normalized spacial score (nSPS) is 15.9. The zero-order chi connectivity index (χ0) is 16.8. The van der Waals surface area contributed by atoms with Crippen molar-refractivity contribution in [1.82, 2.24) is 0 Å². The molecule has 0 unspecified atom stereocenters. The Bertz CT molecular complexity index is 847. The van der Waals surface area contributed by atoms with Gasteiger partial charge in [0.25, 0.3) is 10.1 Å². The molecule has 4 heteroatoms. The van der Waals surface area contributed by atoms with Gasteiger partial charge in [-0.05, 0) is 52.6 Å². The largest absolute Gasteiger partial charge is 0.295 e. The Morgan fingerprint density at radius 1 is 0.818 bits per heavy atom. The Kier molecular flexibility index (Phi) is 7.04. The highest BCUT2D eigenvalue weighted by Crippen LogP contribution is 1.97. The third kappa shape index (κ3) is 4.31. The van der Waals surface area contributed by atoms with Crippen molar-refractivity contribution in [2.45, 2.75) is 58.3 Å². The second-order valence-electron chi connectivity index (χ2n) is 5.13. The van der Waals surface area contributed by atoms with Crippen LogP contribution in [-0.2, 0) is 10.1 Å². The molecule has 0 aliphatic rings. The van der Waals surface area contributed by atoms with Gasteiger partial charge in [0.15, 0.2) is 0 Å². The lowest BCUT2D eigenvalue weighted by atomic mass is 10.1. The molecule has 0 atom stereocenters. The van der Waals surface area contributed by atoms with E-state index in [9.17, 15) is 13.0 Å². The summed E-state index contributed by atoms with van der Waals surface area (Å²) in [6.45, 7) is 8.05. The molecule has 0 aliphatic carbocycles. The maximum absolute atomic E-state index is 11.8. The first kappa shape index (κ1) is 18.7. The van der Waals surface area contributed by atoms with Gasteiger partial charge < -0.3 is 0 Å². The second kappa shape index (κ2) is 8.30. The summed E-state index contributed by atoms with van der Waals surface area (Å²) in [5.41, 5.74) is 0. The van der Waals surface area contributed by atoms with Crippen LogP contribution in [0.1, 0.15) is 53.4 Å². The Morgan fingerprint density at radius 3 is 1.73 bits per heavy atom. The fourth-order valence-electron chi connectivity index (χ4n) is 2.60. The van der Waals surface area contributed by atoms with E-state index in [1.54, 1.807) is 6.07 Å². The molecule has 0 spiro atoms. The minimum absolute atomic E-state index is 0.00185. The molecule has 1 N–H and O–H groups in total. The van der Waals surface area contributed by atoms with E-state index in [1.165, 1.54) is 0 Å². The van der Waals surface area contributed by atoms with Crippen LogP contribution in [0.4, 0.5) is 0 Å². The minimum atomic E-state index is -4.25. The van der Waals surface area contributed by atoms with Gasteiger partial charge in [0, 0.05) is 0 Å². The molecule has 3 nitrogen and oxygen atoms in total. The fraction of sp³-hybridized carbons (Fsp3) is 0.444. The topological polar surface area (TPSA) is 54.4 Å². The maximum atomic E-state index is 11.8. The first-order valence-corrected chi connectivity index (χ1v) is 9.35. The molecular formula is C18H26O3S. The van der Waals surface area contributed by atoms with Crippen LogP contribution in [0.5, 0.6) is 0 Å². The molecule has 0 aromatic heterocycles. The lowest BCUT2D eigenvalue weighted by molar-refractivity contribution is 0.482. The molecule has 0 saturated heterocycles. The van der Waals surface area contributed by atoms with Crippen LogP contribution in [0.2, 0.25) is 0 Å². The molecule has 22 heavy (non-hydrogen) atoms. The summed E-state index contributed by atoms with van der Waals surface area (Å²) in [5, 5.41) is 3.43. The molecule has 0 aliphatic heterocycles. The Morgan fingerprint density at radius 2 is 1.27 bits per heavy atom. The van der Waals surface area contributed by atoms with Crippen molar-refractivity contribution in [3.63, 3.8) is 0 Å². The van der Waals surface area contributed by atoms with Crippen LogP contribution in [0.3, 0.4) is 0 Å². The highest BCUT2D eigenvalue weighted by molar-refractivity contribution is 7.85. The predicted octanol–water partition coefficient (Wildman–Crippen LogP) is 1.70. The molecule has 1 rings (SSSR count). The maximum Gasteiger partial charge on any atom is 0.295 e. The Balaban J connectivity index is 4.30. The molecule has 1 aromatic rings. The molecule has 122 valence electrons. The van der Waals surface area contributed by atoms with Gasteiger partial charge in [-0.1, -0.05) is 52.0 Å². The van der Waals surface area contributed by atoms with E-state index in [0.717, 1.165) is 34.9 Å². The predicted molar refractivity (Wildman–Crippen MR) is 93.8 cm³/mol. The highest BCUT2D eigenvalue weighted by Gasteiger charge is 2.13. The summed E-state index contributed by atoms with van der Waals surface area (Å²) in [5.74, 6) is 0. The van der Waals surface area contributed by atoms with Gasteiger partial charge in [0.1, 0.15) is 4.90 Å². The van der Waals surface area contributed by atoms with E-state index in [4.69, 9.17) is 0 Å². The molecule has 0 amide bonds. The van der Waals surface area contributed by atoms with Crippen LogP contribution in [0.25, 0.3) is 24.3 Å². The highest BCUT2D eigenvalue weighted by atomic mass is 32.2. The summed E-state index contributed by atoms with van der Waals surface area (Å²) in [7, 11) is -4.25. The zero-order valence-corrected chi connectivity index (χ0v) is 14.7. The number of rotatable bonds is 5. The summed E-state index contributed by atoms with van der Waals surface area (Å²) in [6.07, 6.45) is 11.2. The van der Waals surface area contributed by atoms with Crippen molar-refractivity contribution in [2.75, 3.05) is 0 Å². The van der Waals surface area contributed by atoms with Gasteiger partial charge in [0.2, 0.25) is 0 Å². The van der Waals surface area contributed by atoms with Gasteiger partial charge in [-0.25, -0.2) is 0 Å². The molecule has 1 aromatic carbocycles. The van der Waals surface area contributed by atoms with Gasteiger partial charge >= 0.3 is 0 Å². The minimum Gasteiger partial charge on any atom is -0.282 e. The van der Waals surface area contributed by atoms with E-state index in [0.29, 0.717) is 11.6 Å². The van der Waals surface area contributed by atoms with Gasteiger partial charge in [0.05, 0.1) is 0 Å². The van der Waals surface area contributed by atoms with Crippen molar-refractivity contribution >= 4 is 34.4 Å². The fourth-order valence-corrected chi connectivity index (χ4v) is 3.35. The van der Waals surface area contributed by atoms with Gasteiger partial charge in [-0.2, -0.15) is 8.42 Å². The van der Waals surface area contributed by atoms with Crippen molar-refractivity contribution in [2.24, 2.45) is 0 Å². The SMILES string of the molecule is CCC=c1cc(S(=O)(=O)O)c(=CCC)c(=CCC)c1=CCC. The third-order valence-electron chi connectivity index (χ3n) is 3.37.